The average Bonchev–Trinajstić information content (AvgIpc) is 3.15. The highest BCUT2D eigenvalue weighted by Gasteiger charge is 2.46. The van der Waals surface area contributed by atoms with E-state index < -0.39 is 47.8 Å². The molecule has 0 saturated carbocycles. The third-order valence-corrected chi connectivity index (χ3v) is 6.13. The lowest BCUT2D eigenvalue weighted by Crippen LogP contribution is -2.54. The fraction of sp³-hybridized carbons (Fsp3) is 0.357. The topological polar surface area (TPSA) is 160 Å². The average molecular weight is 551 g/mol. The van der Waals surface area contributed by atoms with Crippen LogP contribution in [0.15, 0.2) is 42.5 Å². The van der Waals surface area contributed by atoms with Crippen LogP contribution >= 0.6 is 0 Å². The molecule has 0 aromatic heterocycles. The minimum absolute atomic E-state index is 0.00648. The Morgan fingerprint density at radius 1 is 1.00 bits per heavy atom. The van der Waals surface area contributed by atoms with Gasteiger partial charge in [-0.3, -0.25) is 39.0 Å². The van der Waals surface area contributed by atoms with Crippen LogP contribution in [0.5, 0.6) is 5.75 Å². The standard InChI is InChI=1S/C28H30N4O8/c1-28(2,3)40-15-22(34)29-13-16-6-4-7-17(12-16)30-23(35)14-39-20-9-5-8-18-24(20)27(38)32(26(18)37)19-10-11-21(33)31-25(19)36/h4-9,12,19H,10-11,13-15H2,1-3H3,(H,29,34)(H,30,35)(H,31,33,36). The highest BCUT2D eigenvalue weighted by atomic mass is 16.5. The predicted molar refractivity (Wildman–Crippen MR) is 141 cm³/mol. The number of imide groups is 2. The number of benzene rings is 2. The Bertz CT molecular complexity index is 1380. The lowest BCUT2D eigenvalue weighted by atomic mass is 10.0. The molecule has 2 aromatic carbocycles. The first-order valence-electron chi connectivity index (χ1n) is 12.7. The van der Waals surface area contributed by atoms with E-state index in [-0.39, 0.29) is 48.8 Å². The van der Waals surface area contributed by atoms with Gasteiger partial charge in [0.25, 0.3) is 17.7 Å². The summed E-state index contributed by atoms with van der Waals surface area (Å²) in [5, 5.41) is 7.60. The highest BCUT2D eigenvalue weighted by Crippen LogP contribution is 2.33. The summed E-state index contributed by atoms with van der Waals surface area (Å²) in [5.41, 5.74) is 0.800. The third kappa shape index (κ3) is 6.70. The van der Waals surface area contributed by atoms with Crippen molar-refractivity contribution in [1.29, 1.82) is 0 Å². The van der Waals surface area contributed by atoms with Crippen LogP contribution in [0.4, 0.5) is 5.69 Å². The van der Waals surface area contributed by atoms with Gasteiger partial charge in [-0.25, -0.2) is 0 Å². The number of ether oxygens (including phenoxy) is 2. The maximum Gasteiger partial charge on any atom is 0.266 e. The first-order chi connectivity index (χ1) is 18.9. The molecule has 1 fully saturated rings. The van der Waals surface area contributed by atoms with Gasteiger partial charge in [0.2, 0.25) is 17.7 Å². The Morgan fingerprint density at radius 3 is 2.48 bits per heavy atom. The van der Waals surface area contributed by atoms with E-state index in [2.05, 4.69) is 16.0 Å². The van der Waals surface area contributed by atoms with E-state index in [1.807, 2.05) is 20.8 Å². The molecule has 6 amide bonds. The number of piperidine rings is 1. The number of carbonyl (C=O) groups is 6. The van der Waals surface area contributed by atoms with Gasteiger partial charge in [0, 0.05) is 18.7 Å². The van der Waals surface area contributed by atoms with Crippen molar-refractivity contribution >= 4 is 41.1 Å². The summed E-state index contributed by atoms with van der Waals surface area (Å²) in [7, 11) is 0. The summed E-state index contributed by atoms with van der Waals surface area (Å²) in [4.78, 5) is 75.3. The number of nitrogens with zero attached hydrogens (tertiary/aromatic N) is 1. The smallest absolute Gasteiger partial charge is 0.266 e. The molecule has 1 saturated heterocycles. The molecule has 2 aliphatic heterocycles. The van der Waals surface area contributed by atoms with Crippen LogP contribution in [-0.2, 0) is 30.5 Å². The van der Waals surface area contributed by atoms with Crippen LogP contribution in [0.2, 0.25) is 0 Å². The lowest BCUT2D eigenvalue weighted by Gasteiger charge is -2.27. The minimum atomic E-state index is -1.11. The van der Waals surface area contributed by atoms with Crippen molar-refractivity contribution < 1.29 is 38.2 Å². The Kier molecular flexibility index (Phi) is 8.29. The zero-order valence-electron chi connectivity index (χ0n) is 22.4. The number of hydrogen-bond acceptors (Lipinski definition) is 8. The zero-order valence-corrected chi connectivity index (χ0v) is 22.4. The molecule has 1 atom stereocenters. The van der Waals surface area contributed by atoms with Gasteiger partial charge in [-0.15, -0.1) is 0 Å². The summed E-state index contributed by atoms with van der Waals surface area (Å²) < 4.78 is 11.1. The first kappa shape index (κ1) is 28.4. The van der Waals surface area contributed by atoms with Crippen LogP contribution < -0.4 is 20.7 Å². The van der Waals surface area contributed by atoms with Crippen molar-refractivity contribution in [2.45, 2.75) is 51.8 Å². The van der Waals surface area contributed by atoms with Gasteiger partial charge in [0.05, 0.1) is 16.7 Å². The minimum Gasteiger partial charge on any atom is -0.483 e. The van der Waals surface area contributed by atoms with E-state index in [1.54, 1.807) is 24.3 Å². The van der Waals surface area contributed by atoms with Gasteiger partial charge in [0.15, 0.2) is 6.61 Å². The number of amides is 6. The SMILES string of the molecule is CC(C)(C)OCC(=O)NCc1cccc(NC(=O)COc2cccc3c2C(=O)N(C2CCC(=O)NC2=O)C3=O)c1. The fourth-order valence-electron chi connectivity index (χ4n) is 4.24. The quantitative estimate of drug-likeness (QED) is 0.396. The molecule has 2 heterocycles. The van der Waals surface area contributed by atoms with Gasteiger partial charge < -0.3 is 20.1 Å². The summed E-state index contributed by atoms with van der Waals surface area (Å²) in [5.74, 6) is -3.34. The van der Waals surface area contributed by atoms with Crippen molar-refractivity contribution in [3.63, 3.8) is 0 Å². The highest BCUT2D eigenvalue weighted by molar-refractivity contribution is 6.24. The van der Waals surface area contributed by atoms with E-state index in [4.69, 9.17) is 9.47 Å². The van der Waals surface area contributed by atoms with Crippen LogP contribution in [0.25, 0.3) is 0 Å². The molecule has 1 unspecified atom stereocenters. The van der Waals surface area contributed by atoms with Crippen LogP contribution in [-0.4, -0.2) is 65.2 Å². The number of carbonyl (C=O) groups excluding carboxylic acids is 6. The van der Waals surface area contributed by atoms with Gasteiger partial charge in [-0.1, -0.05) is 18.2 Å². The molecule has 3 N–H and O–H groups in total. The van der Waals surface area contributed by atoms with Crippen LogP contribution in [0.1, 0.15) is 59.9 Å². The van der Waals surface area contributed by atoms with E-state index in [9.17, 15) is 28.8 Å². The summed E-state index contributed by atoms with van der Waals surface area (Å²) in [6.45, 7) is 5.28. The second kappa shape index (κ2) is 11.7. The summed E-state index contributed by atoms with van der Waals surface area (Å²) in [6, 6.07) is 10.2. The maximum absolute atomic E-state index is 13.1. The van der Waals surface area contributed by atoms with E-state index >= 15 is 0 Å². The number of rotatable bonds is 9. The Hall–Kier alpha value is -4.58. The molecule has 0 radical (unpaired) electrons. The number of fused-ring (bicyclic) bond motifs is 1. The molecule has 2 aromatic rings. The van der Waals surface area contributed by atoms with Crippen molar-refractivity contribution in [3.8, 4) is 5.75 Å². The van der Waals surface area contributed by atoms with Gasteiger partial charge in [-0.2, -0.15) is 0 Å². The van der Waals surface area contributed by atoms with Gasteiger partial charge >= 0.3 is 0 Å². The maximum atomic E-state index is 13.1. The molecule has 2 aliphatic rings. The number of anilines is 1. The van der Waals surface area contributed by atoms with Crippen molar-refractivity contribution in [1.82, 2.24) is 15.5 Å². The Morgan fingerprint density at radius 2 is 1.75 bits per heavy atom. The summed E-state index contributed by atoms with van der Waals surface area (Å²) in [6.07, 6.45) is 0.0364. The molecular weight excluding hydrogens is 520 g/mol. The molecular formula is C28H30N4O8. The number of nitrogens with one attached hydrogen (secondary N) is 3. The number of hydrogen-bond donors (Lipinski definition) is 3. The molecule has 210 valence electrons. The molecule has 0 aliphatic carbocycles. The molecule has 4 rings (SSSR count). The second-order valence-corrected chi connectivity index (χ2v) is 10.3. The largest absolute Gasteiger partial charge is 0.483 e. The Balaban J connectivity index is 1.35. The van der Waals surface area contributed by atoms with Crippen molar-refractivity contribution in [2.75, 3.05) is 18.5 Å². The van der Waals surface area contributed by atoms with E-state index in [0.717, 1.165) is 10.5 Å². The van der Waals surface area contributed by atoms with Gasteiger partial charge in [0.1, 0.15) is 18.4 Å². The predicted octanol–water partition coefficient (Wildman–Crippen LogP) is 1.54. The normalized spacial score (nSPS) is 16.9. The zero-order chi connectivity index (χ0) is 29.0. The van der Waals surface area contributed by atoms with Crippen LogP contribution in [0.3, 0.4) is 0 Å². The fourth-order valence-corrected chi connectivity index (χ4v) is 4.24. The monoisotopic (exact) mass is 550 g/mol. The first-order valence-corrected chi connectivity index (χ1v) is 12.7. The molecule has 0 spiro atoms. The van der Waals surface area contributed by atoms with Gasteiger partial charge in [-0.05, 0) is 57.0 Å². The molecule has 0 bridgehead atoms. The molecule has 12 nitrogen and oxygen atoms in total. The van der Waals surface area contributed by atoms with Crippen LogP contribution in [0, 0.1) is 0 Å². The lowest BCUT2D eigenvalue weighted by molar-refractivity contribution is -0.136. The second-order valence-electron chi connectivity index (χ2n) is 10.3. The summed E-state index contributed by atoms with van der Waals surface area (Å²) >= 11 is 0. The van der Waals surface area contributed by atoms with Crippen molar-refractivity contribution in [3.05, 3.63) is 59.2 Å². The molecule has 12 heteroatoms. The third-order valence-electron chi connectivity index (χ3n) is 6.13. The van der Waals surface area contributed by atoms with Crippen molar-refractivity contribution in [2.24, 2.45) is 0 Å². The van der Waals surface area contributed by atoms with E-state index in [0.29, 0.717) is 5.69 Å². The molecule has 40 heavy (non-hydrogen) atoms. The van der Waals surface area contributed by atoms with E-state index in [1.165, 1.54) is 18.2 Å². The Labute approximate surface area is 230 Å².